The zero-order valence-corrected chi connectivity index (χ0v) is 8.88. The molecule has 1 saturated heterocycles. The summed E-state index contributed by atoms with van der Waals surface area (Å²) < 4.78 is 0. The highest BCUT2D eigenvalue weighted by Crippen LogP contribution is 2.47. The number of rotatable bonds is 2. The van der Waals surface area contributed by atoms with Crippen molar-refractivity contribution in [3.63, 3.8) is 0 Å². The Morgan fingerprint density at radius 3 is 3.40 bits per heavy atom. The predicted molar refractivity (Wildman–Crippen MR) is 61.1 cm³/mol. The lowest BCUT2D eigenvalue weighted by molar-refractivity contribution is -0.105. The molecule has 4 nitrogen and oxygen atoms in total. The van der Waals surface area contributed by atoms with Crippen LogP contribution in [0.5, 0.6) is 0 Å². The third-order valence-electron chi connectivity index (χ3n) is 2.69. The van der Waals surface area contributed by atoms with E-state index in [9.17, 15) is 4.79 Å². The molecule has 0 saturated carbocycles. The SMILES string of the molecule is O=CNc1cccc2c1N1CCNC1S2. The molecule has 1 unspecified atom stereocenters. The lowest BCUT2D eigenvalue weighted by atomic mass is 10.2. The third-order valence-corrected chi connectivity index (χ3v) is 3.92. The molecular weight excluding hydrogens is 210 g/mol. The summed E-state index contributed by atoms with van der Waals surface area (Å²) in [5.74, 6) is 0. The van der Waals surface area contributed by atoms with Gasteiger partial charge in [0.2, 0.25) is 6.41 Å². The number of fused-ring (bicyclic) bond motifs is 3. The molecule has 1 amide bonds. The summed E-state index contributed by atoms with van der Waals surface area (Å²) in [7, 11) is 0. The van der Waals surface area contributed by atoms with Crippen molar-refractivity contribution in [2.45, 2.75) is 10.4 Å². The number of thioether (sulfide) groups is 1. The fourth-order valence-electron chi connectivity index (χ4n) is 2.08. The quantitative estimate of drug-likeness (QED) is 0.733. The molecule has 1 aromatic rings. The highest BCUT2D eigenvalue weighted by Gasteiger charge is 2.35. The number of amides is 1. The van der Waals surface area contributed by atoms with Gasteiger partial charge in [0.15, 0.2) is 0 Å². The van der Waals surface area contributed by atoms with Gasteiger partial charge in [-0.05, 0) is 12.1 Å². The van der Waals surface area contributed by atoms with Crippen LogP contribution in [0.15, 0.2) is 23.1 Å². The van der Waals surface area contributed by atoms with E-state index in [1.165, 1.54) is 4.90 Å². The fourth-order valence-corrected chi connectivity index (χ4v) is 3.36. The normalized spacial score (nSPS) is 22.4. The molecule has 1 aromatic carbocycles. The maximum atomic E-state index is 10.5. The molecule has 0 spiro atoms. The first-order valence-electron chi connectivity index (χ1n) is 4.90. The zero-order valence-electron chi connectivity index (χ0n) is 8.06. The number of carbonyl (C=O) groups excluding carboxylic acids is 1. The van der Waals surface area contributed by atoms with Gasteiger partial charge in [-0.25, -0.2) is 0 Å². The maximum Gasteiger partial charge on any atom is 0.211 e. The Labute approximate surface area is 92.0 Å². The molecule has 1 atom stereocenters. The van der Waals surface area contributed by atoms with Crippen LogP contribution in [0.3, 0.4) is 0 Å². The van der Waals surface area contributed by atoms with E-state index in [1.54, 1.807) is 11.8 Å². The summed E-state index contributed by atoms with van der Waals surface area (Å²) in [5, 5.41) is 6.16. The van der Waals surface area contributed by atoms with Gasteiger partial charge in [0.05, 0.1) is 11.4 Å². The molecule has 2 N–H and O–H groups in total. The van der Waals surface area contributed by atoms with Gasteiger partial charge < -0.3 is 10.2 Å². The predicted octanol–water partition coefficient (Wildman–Crippen LogP) is 1.05. The van der Waals surface area contributed by atoms with Gasteiger partial charge in [0.25, 0.3) is 0 Å². The maximum absolute atomic E-state index is 10.5. The molecule has 2 heterocycles. The molecule has 0 radical (unpaired) electrons. The highest BCUT2D eigenvalue weighted by atomic mass is 32.2. The van der Waals surface area contributed by atoms with E-state index >= 15 is 0 Å². The Hall–Kier alpha value is -1.20. The van der Waals surface area contributed by atoms with Crippen LogP contribution in [0.2, 0.25) is 0 Å². The van der Waals surface area contributed by atoms with Crippen molar-refractivity contribution in [1.82, 2.24) is 5.32 Å². The van der Waals surface area contributed by atoms with Crippen LogP contribution in [-0.4, -0.2) is 25.0 Å². The average molecular weight is 221 g/mol. The molecule has 1 fully saturated rings. The topological polar surface area (TPSA) is 44.4 Å². The number of para-hydroxylation sites is 1. The lowest BCUT2D eigenvalue weighted by Crippen LogP contribution is -2.28. The zero-order chi connectivity index (χ0) is 10.3. The van der Waals surface area contributed by atoms with Crippen molar-refractivity contribution in [3.8, 4) is 0 Å². The molecule has 0 aromatic heterocycles. The lowest BCUT2D eigenvalue weighted by Gasteiger charge is -2.18. The molecule has 3 rings (SSSR count). The molecule has 2 aliphatic rings. The summed E-state index contributed by atoms with van der Waals surface area (Å²) in [6.07, 6.45) is 0.733. The standard InChI is InChI=1S/C10H11N3OS/c14-6-12-7-2-1-3-8-9(7)13-5-4-11-10(13)15-8/h1-3,6,10-11H,4-5H2,(H,12,14). The van der Waals surface area contributed by atoms with Crippen LogP contribution in [0, 0.1) is 0 Å². The molecular formula is C10H11N3OS. The number of benzene rings is 1. The van der Waals surface area contributed by atoms with E-state index in [0.717, 1.165) is 30.9 Å². The first-order chi connectivity index (χ1) is 7.40. The molecule has 15 heavy (non-hydrogen) atoms. The number of nitrogens with one attached hydrogen (secondary N) is 2. The fraction of sp³-hybridized carbons (Fsp3) is 0.300. The second-order valence-electron chi connectivity index (χ2n) is 3.53. The van der Waals surface area contributed by atoms with Crippen molar-refractivity contribution in [2.24, 2.45) is 0 Å². The van der Waals surface area contributed by atoms with Crippen molar-refractivity contribution in [2.75, 3.05) is 23.3 Å². The van der Waals surface area contributed by atoms with Crippen molar-refractivity contribution in [1.29, 1.82) is 0 Å². The monoisotopic (exact) mass is 221 g/mol. The van der Waals surface area contributed by atoms with Gasteiger partial charge in [-0.1, -0.05) is 17.8 Å². The van der Waals surface area contributed by atoms with Crippen LogP contribution in [0.1, 0.15) is 0 Å². The number of nitrogens with zero attached hydrogens (tertiary/aromatic N) is 1. The Morgan fingerprint density at radius 2 is 2.53 bits per heavy atom. The number of hydrogen-bond donors (Lipinski definition) is 2. The molecule has 5 heteroatoms. The van der Waals surface area contributed by atoms with E-state index in [-0.39, 0.29) is 0 Å². The Balaban J connectivity index is 2.06. The van der Waals surface area contributed by atoms with Gasteiger partial charge >= 0.3 is 0 Å². The number of anilines is 2. The minimum atomic E-state index is 0.342. The van der Waals surface area contributed by atoms with Gasteiger partial charge in [-0.15, -0.1) is 0 Å². The Kier molecular flexibility index (Phi) is 2.07. The van der Waals surface area contributed by atoms with Gasteiger partial charge in [0.1, 0.15) is 5.50 Å². The summed E-state index contributed by atoms with van der Waals surface area (Å²) in [4.78, 5) is 14.0. The van der Waals surface area contributed by atoms with E-state index in [0.29, 0.717) is 5.50 Å². The Morgan fingerprint density at radius 1 is 1.60 bits per heavy atom. The van der Waals surface area contributed by atoms with Gasteiger partial charge in [-0.2, -0.15) is 0 Å². The van der Waals surface area contributed by atoms with Crippen LogP contribution in [0.4, 0.5) is 11.4 Å². The van der Waals surface area contributed by atoms with E-state index in [2.05, 4.69) is 21.6 Å². The Bertz CT molecular complexity index is 410. The van der Waals surface area contributed by atoms with E-state index in [1.807, 2.05) is 12.1 Å². The van der Waals surface area contributed by atoms with E-state index < -0.39 is 0 Å². The number of hydrogen-bond acceptors (Lipinski definition) is 4. The minimum Gasteiger partial charge on any atom is -0.343 e. The largest absolute Gasteiger partial charge is 0.343 e. The first-order valence-corrected chi connectivity index (χ1v) is 5.78. The minimum absolute atomic E-state index is 0.342. The molecule has 78 valence electrons. The first kappa shape index (κ1) is 9.06. The van der Waals surface area contributed by atoms with Crippen molar-refractivity contribution in [3.05, 3.63) is 18.2 Å². The average Bonchev–Trinajstić information content (AvgIpc) is 2.77. The second kappa shape index (κ2) is 3.43. The van der Waals surface area contributed by atoms with Crippen LogP contribution < -0.4 is 15.5 Å². The van der Waals surface area contributed by atoms with Crippen LogP contribution >= 0.6 is 11.8 Å². The second-order valence-corrected chi connectivity index (χ2v) is 4.65. The third kappa shape index (κ3) is 1.31. The molecule has 2 aliphatic heterocycles. The smallest absolute Gasteiger partial charge is 0.211 e. The number of carbonyl (C=O) groups is 1. The summed E-state index contributed by atoms with van der Waals surface area (Å²) >= 11 is 1.81. The van der Waals surface area contributed by atoms with Crippen molar-refractivity contribution >= 4 is 29.5 Å². The summed E-state index contributed by atoms with van der Waals surface area (Å²) in [6, 6.07) is 6.00. The molecule has 0 bridgehead atoms. The molecule has 0 aliphatic carbocycles. The summed E-state index contributed by atoms with van der Waals surface area (Å²) in [6.45, 7) is 2.01. The van der Waals surface area contributed by atoms with Crippen LogP contribution in [-0.2, 0) is 4.79 Å². The van der Waals surface area contributed by atoms with Crippen LogP contribution in [0.25, 0.3) is 0 Å². The summed E-state index contributed by atoms with van der Waals surface area (Å²) in [5.41, 5.74) is 2.40. The van der Waals surface area contributed by atoms with Crippen molar-refractivity contribution < 1.29 is 4.79 Å². The van der Waals surface area contributed by atoms with E-state index in [4.69, 9.17) is 0 Å². The van der Waals surface area contributed by atoms with Gasteiger partial charge in [0, 0.05) is 18.0 Å². The van der Waals surface area contributed by atoms with Gasteiger partial charge in [-0.3, -0.25) is 10.1 Å². The highest BCUT2D eigenvalue weighted by molar-refractivity contribution is 8.00.